The van der Waals surface area contributed by atoms with E-state index in [1.165, 1.54) is 26.4 Å². The molecule has 0 aliphatic rings. The number of methoxy groups -OCH3 is 1. The van der Waals surface area contributed by atoms with E-state index in [1.54, 1.807) is 36.4 Å². The molecule has 0 unspecified atom stereocenters. The van der Waals surface area contributed by atoms with Crippen molar-refractivity contribution in [2.75, 3.05) is 7.11 Å². The molecule has 0 aliphatic carbocycles. The average Bonchev–Trinajstić information content (AvgIpc) is 2.64. The van der Waals surface area contributed by atoms with Crippen LogP contribution >= 0.6 is 0 Å². The molecule has 0 saturated heterocycles. The smallest absolute Gasteiger partial charge is 0.337 e. The number of unbranched alkanes of at least 4 members (excludes halogenated alkanes) is 3. The molecule has 2 aromatic rings. The van der Waals surface area contributed by atoms with Gasteiger partial charge in [-0.15, -0.1) is 0 Å². The molecular formula is C22H24O3. The highest BCUT2D eigenvalue weighted by Gasteiger charge is 2.04. The number of phenolic OH excluding ortho intramolecular Hbond substituents is 1. The van der Waals surface area contributed by atoms with Gasteiger partial charge in [-0.25, -0.2) is 4.79 Å². The average molecular weight is 336 g/mol. The van der Waals surface area contributed by atoms with E-state index in [1.807, 2.05) is 6.07 Å². The lowest BCUT2D eigenvalue weighted by atomic mass is 10.0. The number of rotatable bonds is 6. The van der Waals surface area contributed by atoms with E-state index < -0.39 is 0 Å². The Balaban J connectivity index is 2.14. The number of phenols is 1. The van der Waals surface area contributed by atoms with Crippen molar-refractivity contribution in [3.8, 4) is 17.6 Å². The Morgan fingerprint density at radius 1 is 1.04 bits per heavy atom. The van der Waals surface area contributed by atoms with Gasteiger partial charge in [0, 0.05) is 11.1 Å². The third-order valence-electron chi connectivity index (χ3n) is 4.04. The first-order chi connectivity index (χ1) is 12.1. The molecule has 2 aromatic carbocycles. The number of hydrogen-bond donors (Lipinski definition) is 1. The number of aromatic hydroxyl groups is 1. The Bertz CT molecular complexity index is 764. The highest BCUT2D eigenvalue weighted by molar-refractivity contribution is 5.89. The molecule has 25 heavy (non-hydrogen) atoms. The van der Waals surface area contributed by atoms with Gasteiger partial charge in [0.15, 0.2) is 0 Å². The summed E-state index contributed by atoms with van der Waals surface area (Å²) in [6, 6.07) is 12.4. The molecule has 0 fully saturated rings. The van der Waals surface area contributed by atoms with Crippen molar-refractivity contribution >= 4 is 5.97 Å². The number of ether oxygens (including phenoxy) is 1. The van der Waals surface area contributed by atoms with Crippen LogP contribution in [-0.2, 0) is 11.2 Å². The molecule has 0 atom stereocenters. The lowest BCUT2D eigenvalue weighted by Crippen LogP contribution is -2.00. The molecule has 0 bridgehead atoms. The number of benzene rings is 2. The van der Waals surface area contributed by atoms with Crippen LogP contribution in [0.25, 0.3) is 0 Å². The van der Waals surface area contributed by atoms with Crippen LogP contribution in [0.1, 0.15) is 59.7 Å². The molecule has 0 heterocycles. The molecule has 0 aliphatic heterocycles. The largest absolute Gasteiger partial charge is 0.508 e. The summed E-state index contributed by atoms with van der Waals surface area (Å²) >= 11 is 0. The standard InChI is InChI=1S/C22H24O3/c1-3-4-5-6-7-20-16-21(23)15-14-18(20)11-8-17-9-12-19(13-10-17)22(24)25-2/h9-10,12-16,23H,3-7H2,1-2H3. The Hall–Kier alpha value is -2.73. The zero-order chi connectivity index (χ0) is 18.1. The third kappa shape index (κ3) is 5.69. The summed E-state index contributed by atoms with van der Waals surface area (Å²) in [6.07, 6.45) is 5.63. The maximum absolute atomic E-state index is 11.4. The third-order valence-corrected chi connectivity index (χ3v) is 4.04. The van der Waals surface area contributed by atoms with Gasteiger partial charge in [0.25, 0.3) is 0 Å². The summed E-state index contributed by atoms with van der Waals surface area (Å²) in [5, 5.41) is 9.74. The van der Waals surface area contributed by atoms with E-state index >= 15 is 0 Å². The Labute approximate surface area is 149 Å². The second-order valence-corrected chi connectivity index (χ2v) is 5.97. The van der Waals surface area contributed by atoms with Crippen LogP contribution in [0.5, 0.6) is 5.75 Å². The van der Waals surface area contributed by atoms with Crippen molar-refractivity contribution in [1.82, 2.24) is 0 Å². The first-order valence-electron chi connectivity index (χ1n) is 8.66. The van der Waals surface area contributed by atoms with Crippen LogP contribution < -0.4 is 0 Å². The summed E-state index contributed by atoms with van der Waals surface area (Å²) < 4.78 is 4.69. The number of carbonyl (C=O) groups is 1. The zero-order valence-electron chi connectivity index (χ0n) is 14.8. The quantitative estimate of drug-likeness (QED) is 0.472. The normalized spacial score (nSPS) is 10.0. The van der Waals surface area contributed by atoms with Gasteiger partial charge in [-0.3, -0.25) is 0 Å². The van der Waals surface area contributed by atoms with Crippen LogP contribution in [0.3, 0.4) is 0 Å². The number of hydrogen-bond acceptors (Lipinski definition) is 3. The predicted octanol–water partition coefficient (Wildman–Crippen LogP) is 4.70. The van der Waals surface area contributed by atoms with E-state index in [2.05, 4.69) is 23.5 Å². The molecule has 0 saturated carbocycles. The summed E-state index contributed by atoms with van der Waals surface area (Å²) in [7, 11) is 1.36. The monoisotopic (exact) mass is 336 g/mol. The minimum absolute atomic E-state index is 0.276. The fraction of sp³-hybridized carbons (Fsp3) is 0.318. The molecule has 0 aromatic heterocycles. The van der Waals surface area contributed by atoms with Crippen LogP contribution in [0.2, 0.25) is 0 Å². The van der Waals surface area contributed by atoms with E-state index in [0.29, 0.717) is 5.56 Å². The summed E-state index contributed by atoms with van der Waals surface area (Å²) in [5.74, 6) is 6.23. The fourth-order valence-electron chi connectivity index (χ4n) is 2.60. The maximum atomic E-state index is 11.4. The summed E-state index contributed by atoms with van der Waals surface area (Å²) in [6.45, 7) is 2.19. The van der Waals surface area contributed by atoms with Gasteiger partial charge in [-0.1, -0.05) is 38.0 Å². The number of esters is 1. The van der Waals surface area contributed by atoms with Gasteiger partial charge in [0.1, 0.15) is 5.75 Å². The topological polar surface area (TPSA) is 46.5 Å². The SMILES string of the molecule is CCCCCCc1cc(O)ccc1C#Cc1ccc(C(=O)OC)cc1. The molecule has 3 heteroatoms. The minimum Gasteiger partial charge on any atom is -0.508 e. The molecule has 2 rings (SSSR count). The Morgan fingerprint density at radius 2 is 1.80 bits per heavy atom. The van der Waals surface area contributed by atoms with Gasteiger partial charge < -0.3 is 9.84 Å². The highest BCUT2D eigenvalue weighted by atomic mass is 16.5. The first-order valence-corrected chi connectivity index (χ1v) is 8.66. The van der Waals surface area contributed by atoms with E-state index in [-0.39, 0.29) is 11.7 Å². The highest BCUT2D eigenvalue weighted by Crippen LogP contribution is 2.19. The lowest BCUT2D eigenvalue weighted by Gasteiger charge is -2.05. The van der Waals surface area contributed by atoms with Crippen LogP contribution in [0.4, 0.5) is 0 Å². The minimum atomic E-state index is -0.354. The molecule has 3 nitrogen and oxygen atoms in total. The first kappa shape index (κ1) is 18.6. The van der Waals surface area contributed by atoms with E-state index in [4.69, 9.17) is 0 Å². The van der Waals surface area contributed by atoms with Crippen LogP contribution in [-0.4, -0.2) is 18.2 Å². The zero-order valence-corrected chi connectivity index (χ0v) is 14.8. The van der Waals surface area contributed by atoms with Crippen molar-refractivity contribution in [3.63, 3.8) is 0 Å². The number of aryl methyl sites for hydroxylation is 1. The van der Waals surface area contributed by atoms with Gasteiger partial charge in [0.2, 0.25) is 0 Å². The van der Waals surface area contributed by atoms with Crippen molar-refractivity contribution < 1.29 is 14.6 Å². The van der Waals surface area contributed by atoms with Gasteiger partial charge >= 0.3 is 5.97 Å². The molecule has 130 valence electrons. The molecule has 0 radical (unpaired) electrons. The summed E-state index contributed by atoms with van der Waals surface area (Å²) in [5.41, 5.74) is 3.35. The van der Waals surface area contributed by atoms with Crippen molar-refractivity contribution in [3.05, 3.63) is 64.7 Å². The Kier molecular flexibility index (Phi) is 7.10. The van der Waals surface area contributed by atoms with Crippen molar-refractivity contribution in [1.29, 1.82) is 0 Å². The van der Waals surface area contributed by atoms with Crippen LogP contribution in [0.15, 0.2) is 42.5 Å². The second kappa shape index (κ2) is 9.54. The second-order valence-electron chi connectivity index (χ2n) is 5.97. The number of carbonyl (C=O) groups excluding carboxylic acids is 1. The van der Waals surface area contributed by atoms with Gasteiger partial charge in [-0.2, -0.15) is 0 Å². The van der Waals surface area contributed by atoms with E-state index in [0.717, 1.165) is 29.5 Å². The fourth-order valence-corrected chi connectivity index (χ4v) is 2.60. The molecule has 0 amide bonds. The van der Waals surface area contributed by atoms with Gasteiger partial charge in [-0.05, 0) is 60.9 Å². The van der Waals surface area contributed by atoms with Crippen molar-refractivity contribution in [2.45, 2.75) is 39.0 Å². The van der Waals surface area contributed by atoms with E-state index in [9.17, 15) is 9.90 Å². The summed E-state index contributed by atoms with van der Waals surface area (Å²) in [4.78, 5) is 11.4. The predicted molar refractivity (Wildman–Crippen MR) is 99.7 cm³/mol. The van der Waals surface area contributed by atoms with Gasteiger partial charge in [0.05, 0.1) is 12.7 Å². The molecular weight excluding hydrogens is 312 g/mol. The molecule has 0 spiro atoms. The molecule has 1 N–H and O–H groups in total. The lowest BCUT2D eigenvalue weighted by molar-refractivity contribution is 0.0600. The Morgan fingerprint density at radius 3 is 2.48 bits per heavy atom. The van der Waals surface area contributed by atoms with Crippen molar-refractivity contribution in [2.24, 2.45) is 0 Å². The maximum Gasteiger partial charge on any atom is 0.337 e. The van der Waals surface area contributed by atoms with Crippen LogP contribution in [0, 0.1) is 11.8 Å².